The van der Waals surface area contributed by atoms with Crippen LogP contribution < -0.4 is 9.64 Å². The van der Waals surface area contributed by atoms with Crippen molar-refractivity contribution in [1.29, 1.82) is 0 Å². The molecule has 1 amide bonds. The first-order chi connectivity index (χ1) is 12.4. The van der Waals surface area contributed by atoms with Crippen molar-refractivity contribution >= 4 is 21.6 Å². The van der Waals surface area contributed by atoms with Gasteiger partial charge in [-0.2, -0.15) is 0 Å². The van der Waals surface area contributed by atoms with Gasteiger partial charge in [-0.3, -0.25) is 4.79 Å². The Hall–Kier alpha value is -2.38. The van der Waals surface area contributed by atoms with Gasteiger partial charge in [0, 0.05) is 32.7 Å². The summed E-state index contributed by atoms with van der Waals surface area (Å²) in [6, 6.07) is 15.6. The van der Waals surface area contributed by atoms with Gasteiger partial charge >= 0.3 is 0 Å². The van der Waals surface area contributed by atoms with Crippen LogP contribution in [0.2, 0.25) is 0 Å². The third kappa shape index (κ3) is 4.83. The molecule has 0 aliphatic heterocycles. The van der Waals surface area contributed by atoms with Crippen LogP contribution in [0.1, 0.15) is 12.8 Å². The van der Waals surface area contributed by atoms with E-state index in [0.29, 0.717) is 12.2 Å². The summed E-state index contributed by atoms with van der Waals surface area (Å²) in [5.74, 6) is 0.549. The molecular formula is C19H24N2O4S. The molecule has 0 radical (unpaired) electrons. The molecule has 2 rings (SSSR count). The molecule has 26 heavy (non-hydrogen) atoms. The number of carbonyl (C=O) groups is 1. The molecule has 0 N–H and O–H groups in total. The molecule has 0 fully saturated rings. The van der Waals surface area contributed by atoms with E-state index < -0.39 is 10.0 Å². The van der Waals surface area contributed by atoms with Crippen LogP contribution in [-0.4, -0.2) is 46.4 Å². The zero-order valence-corrected chi connectivity index (χ0v) is 16.1. The van der Waals surface area contributed by atoms with Crippen molar-refractivity contribution in [3.05, 3.63) is 54.6 Å². The van der Waals surface area contributed by atoms with E-state index in [-0.39, 0.29) is 23.8 Å². The van der Waals surface area contributed by atoms with E-state index in [0.717, 1.165) is 5.69 Å². The average Bonchev–Trinajstić information content (AvgIpc) is 2.67. The van der Waals surface area contributed by atoms with Gasteiger partial charge in [-0.1, -0.05) is 18.2 Å². The van der Waals surface area contributed by atoms with Crippen molar-refractivity contribution in [2.24, 2.45) is 0 Å². The minimum Gasteiger partial charge on any atom is -0.497 e. The number of ether oxygens (including phenoxy) is 1. The van der Waals surface area contributed by atoms with Gasteiger partial charge in [-0.05, 0) is 42.8 Å². The summed E-state index contributed by atoms with van der Waals surface area (Å²) in [5, 5.41) is 0. The standard InChI is InChI=1S/C19H24N2O4S/c1-20(26(23,24)18-13-11-17(25-3)12-14-18)15-7-10-19(22)21(2)16-8-5-4-6-9-16/h4-6,8-9,11-14H,7,10,15H2,1-3H3. The first-order valence-electron chi connectivity index (χ1n) is 8.28. The van der Waals surface area contributed by atoms with Crippen LogP contribution in [0.3, 0.4) is 0 Å². The highest BCUT2D eigenvalue weighted by Gasteiger charge is 2.21. The number of amides is 1. The molecule has 0 aliphatic rings. The normalized spacial score (nSPS) is 11.4. The molecule has 0 saturated heterocycles. The van der Waals surface area contributed by atoms with Gasteiger partial charge in [0.1, 0.15) is 5.75 Å². The first kappa shape index (κ1) is 19.9. The van der Waals surface area contributed by atoms with Crippen molar-refractivity contribution < 1.29 is 17.9 Å². The zero-order valence-electron chi connectivity index (χ0n) is 15.3. The van der Waals surface area contributed by atoms with Crippen LogP contribution in [-0.2, 0) is 14.8 Å². The van der Waals surface area contributed by atoms with E-state index in [9.17, 15) is 13.2 Å². The maximum Gasteiger partial charge on any atom is 0.242 e. The monoisotopic (exact) mass is 376 g/mol. The van der Waals surface area contributed by atoms with Gasteiger partial charge in [-0.15, -0.1) is 0 Å². The Kier molecular flexibility index (Phi) is 6.76. The van der Waals surface area contributed by atoms with Crippen LogP contribution in [0.5, 0.6) is 5.75 Å². The van der Waals surface area contributed by atoms with E-state index in [2.05, 4.69) is 0 Å². The SMILES string of the molecule is COc1ccc(S(=O)(=O)N(C)CCCC(=O)N(C)c2ccccc2)cc1. The fourth-order valence-electron chi connectivity index (χ4n) is 2.46. The zero-order chi connectivity index (χ0) is 19.2. The van der Waals surface area contributed by atoms with Gasteiger partial charge in [0.2, 0.25) is 15.9 Å². The Balaban J connectivity index is 1.90. The largest absolute Gasteiger partial charge is 0.497 e. The van der Waals surface area contributed by atoms with Crippen molar-refractivity contribution in [1.82, 2.24) is 4.31 Å². The Morgan fingerprint density at radius 1 is 1.00 bits per heavy atom. The molecule has 0 aromatic heterocycles. The summed E-state index contributed by atoms with van der Waals surface area (Å²) in [6.07, 6.45) is 0.718. The minimum atomic E-state index is -3.58. The lowest BCUT2D eigenvalue weighted by molar-refractivity contribution is -0.118. The molecular weight excluding hydrogens is 352 g/mol. The van der Waals surface area contributed by atoms with E-state index in [1.54, 1.807) is 24.1 Å². The second-order valence-corrected chi connectivity index (χ2v) is 7.94. The molecule has 0 bridgehead atoms. The molecule has 0 aliphatic carbocycles. The molecule has 2 aromatic carbocycles. The lowest BCUT2D eigenvalue weighted by atomic mass is 10.2. The lowest BCUT2D eigenvalue weighted by Gasteiger charge is -2.19. The van der Waals surface area contributed by atoms with Crippen molar-refractivity contribution in [2.75, 3.05) is 32.6 Å². The molecule has 2 aromatic rings. The van der Waals surface area contributed by atoms with E-state index >= 15 is 0 Å². The van der Waals surface area contributed by atoms with Gasteiger partial charge in [0.25, 0.3) is 0 Å². The summed E-state index contributed by atoms with van der Waals surface area (Å²) in [6.45, 7) is 0.267. The number of rotatable bonds is 8. The van der Waals surface area contributed by atoms with Crippen LogP contribution in [0.4, 0.5) is 5.69 Å². The summed E-state index contributed by atoms with van der Waals surface area (Å²) in [7, 11) is 1.18. The fraction of sp³-hybridized carbons (Fsp3) is 0.316. The van der Waals surface area contributed by atoms with Crippen molar-refractivity contribution in [3.63, 3.8) is 0 Å². The Morgan fingerprint density at radius 2 is 1.62 bits per heavy atom. The fourth-order valence-corrected chi connectivity index (χ4v) is 3.67. The topological polar surface area (TPSA) is 66.9 Å². The highest BCUT2D eigenvalue weighted by atomic mass is 32.2. The molecule has 140 valence electrons. The molecule has 6 nitrogen and oxygen atoms in total. The maximum absolute atomic E-state index is 12.6. The quantitative estimate of drug-likeness (QED) is 0.710. The number of anilines is 1. The van der Waals surface area contributed by atoms with Gasteiger partial charge in [0.05, 0.1) is 12.0 Å². The van der Waals surface area contributed by atoms with Crippen LogP contribution in [0.15, 0.2) is 59.5 Å². The summed E-state index contributed by atoms with van der Waals surface area (Å²) >= 11 is 0. The van der Waals surface area contributed by atoms with Crippen molar-refractivity contribution in [2.45, 2.75) is 17.7 Å². The van der Waals surface area contributed by atoms with Crippen LogP contribution >= 0.6 is 0 Å². The Labute approximate surface area is 155 Å². The van der Waals surface area contributed by atoms with E-state index in [4.69, 9.17) is 4.74 Å². The molecule has 0 atom stereocenters. The van der Waals surface area contributed by atoms with Crippen LogP contribution in [0.25, 0.3) is 0 Å². The number of sulfonamides is 1. The highest BCUT2D eigenvalue weighted by molar-refractivity contribution is 7.89. The van der Waals surface area contributed by atoms with Crippen molar-refractivity contribution in [3.8, 4) is 5.75 Å². The highest BCUT2D eigenvalue weighted by Crippen LogP contribution is 2.19. The Bertz CT molecular complexity index is 820. The number of para-hydroxylation sites is 1. The number of hydrogen-bond acceptors (Lipinski definition) is 4. The number of carbonyl (C=O) groups excluding carboxylic acids is 1. The lowest BCUT2D eigenvalue weighted by Crippen LogP contribution is -2.30. The van der Waals surface area contributed by atoms with Gasteiger partial charge in [-0.25, -0.2) is 12.7 Å². The average molecular weight is 376 g/mol. The molecule has 0 saturated carbocycles. The number of hydrogen-bond donors (Lipinski definition) is 0. The van der Waals surface area contributed by atoms with E-state index in [1.165, 1.54) is 30.6 Å². The summed E-state index contributed by atoms with van der Waals surface area (Å²) < 4.78 is 31.4. The van der Waals surface area contributed by atoms with Gasteiger partial charge in [0.15, 0.2) is 0 Å². The molecule has 7 heteroatoms. The van der Waals surface area contributed by atoms with Gasteiger partial charge < -0.3 is 9.64 Å². The van der Waals surface area contributed by atoms with Crippen LogP contribution in [0, 0.1) is 0 Å². The number of nitrogens with zero attached hydrogens (tertiary/aromatic N) is 2. The third-order valence-electron chi connectivity index (χ3n) is 4.15. The first-order valence-corrected chi connectivity index (χ1v) is 9.72. The minimum absolute atomic E-state index is 0.0496. The predicted octanol–water partition coefficient (Wildman–Crippen LogP) is 2.76. The molecule has 0 spiro atoms. The Morgan fingerprint density at radius 3 is 2.19 bits per heavy atom. The second kappa shape index (κ2) is 8.82. The number of benzene rings is 2. The smallest absolute Gasteiger partial charge is 0.242 e. The summed E-state index contributed by atoms with van der Waals surface area (Å²) in [4.78, 5) is 14.0. The molecule has 0 heterocycles. The summed E-state index contributed by atoms with van der Waals surface area (Å²) in [5.41, 5.74) is 0.816. The second-order valence-electron chi connectivity index (χ2n) is 5.89. The number of methoxy groups -OCH3 is 1. The molecule has 0 unspecified atom stereocenters. The van der Waals surface area contributed by atoms with E-state index in [1.807, 2.05) is 30.3 Å². The third-order valence-corrected chi connectivity index (χ3v) is 6.02. The maximum atomic E-state index is 12.6. The predicted molar refractivity (Wildman–Crippen MR) is 102 cm³/mol.